The van der Waals surface area contributed by atoms with E-state index in [1.165, 1.54) is 6.92 Å². The van der Waals surface area contributed by atoms with Crippen molar-refractivity contribution in [2.75, 3.05) is 6.54 Å². The zero-order valence-corrected chi connectivity index (χ0v) is 16.5. The Labute approximate surface area is 159 Å². The molecule has 0 fully saturated rings. The molecule has 156 valence electrons. The molecule has 0 saturated heterocycles. The maximum atomic E-state index is 12.3. The quantitative estimate of drug-likeness (QED) is 0.252. The van der Waals surface area contributed by atoms with Crippen molar-refractivity contribution < 1.29 is 29.4 Å². The number of aliphatic hydroxyl groups is 1. The van der Waals surface area contributed by atoms with Crippen LogP contribution in [0.3, 0.4) is 0 Å². The lowest BCUT2D eigenvalue weighted by atomic mass is 10.0. The molecule has 10 heteroatoms. The van der Waals surface area contributed by atoms with E-state index < -0.39 is 54.5 Å². The standard InChI is InChI=1S/C17H32N4O6/c1-8(2)6-11(20-16(25)13(18)10(5)22)15(24)19-7-12(23)21-14(9(3)4)17(26)27/h8-11,13-14,22H,6-7,18H2,1-5H3,(H,19,24)(H,20,25)(H,21,23)(H,26,27). The Bertz CT molecular complexity index is 536. The molecule has 0 saturated carbocycles. The van der Waals surface area contributed by atoms with E-state index in [2.05, 4.69) is 16.0 Å². The van der Waals surface area contributed by atoms with Gasteiger partial charge in [0.25, 0.3) is 0 Å². The second-order valence-corrected chi connectivity index (χ2v) is 7.30. The summed E-state index contributed by atoms with van der Waals surface area (Å²) >= 11 is 0. The second kappa shape index (κ2) is 11.5. The monoisotopic (exact) mass is 388 g/mol. The van der Waals surface area contributed by atoms with Crippen LogP contribution in [0.4, 0.5) is 0 Å². The highest BCUT2D eigenvalue weighted by Crippen LogP contribution is 2.06. The van der Waals surface area contributed by atoms with Gasteiger partial charge in [0.1, 0.15) is 18.1 Å². The predicted molar refractivity (Wildman–Crippen MR) is 98.5 cm³/mol. The highest BCUT2D eigenvalue weighted by Gasteiger charge is 2.27. The molecule has 0 aliphatic rings. The van der Waals surface area contributed by atoms with E-state index in [9.17, 15) is 24.3 Å². The smallest absolute Gasteiger partial charge is 0.326 e. The van der Waals surface area contributed by atoms with Gasteiger partial charge in [0.2, 0.25) is 17.7 Å². The molecule has 3 amide bonds. The van der Waals surface area contributed by atoms with Gasteiger partial charge in [0.05, 0.1) is 12.6 Å². The molecule has 27 heavy (non-hydrogen) atoms. The predicted octanol–water partition coefficient (Wildman–Crippen LogP) is -1.43. The summed E-state index contributed by atoms with van der Waals surface area (Å²) in [5.41, 5.74) is 5.56. The number of nitrogens with one attached hydrogen (secondary N) is 3. The van der Waals surface area contributed by atoms with Crippen LogP contribution in [-0.4, -0.2) is 64.7 Å². The first-order valence-corrected chi connectivity index (χ1v) is 8.90. The third-order valence-corrected chi connectivity index (χ3v) is 3.83. The topological polar surface area (TPSA) is 171 Å². The molecule has 0 aromatic carbocycles. The van der Waals surface area contributed by atoms with Crippen LogP contribution in [0.25, 0.3) is 0 Å². The molecule has 0 aliphatic carbocycles. The van der Waals surface area contributed by atoms with E-state index in [1.807, 2.05) is 13.8 Å². The second-order valence-electron chi connectivity index (χ2n) is 7.30. The normalized spacial score (nSPS) is 15.6. The van der Waals surface area contributed by atoms with Gasteiger partial charge < -0.3 is 31.9 Å². The summed E-state index contributed by atoms with van der Waals surface area (Å²) in [5.74, 6) is -3.35. The Hall–Kier alpha value is -2.20. The fourth-order valence-corrected chi connectivity index (χ4v) is 2.22. The lowest BCUT2D eigenvalue weighted by molar-refractivity contribution is -0.143. The first-order valence-electron chi connectivity index (χ1n) is 8.90. The first kappa shape index (κ1) is 24.8. The maximum absolute atomic E-state index is 12.3. The Morgan fingerprint density at radius 3 is 1.93 bits per heavy atom. The number of amides is 3. The van der Waals surface area contributed by atoms with E-state index in [-0.39, 0.29) is 11.8 Å². The van der Waals surface area contributed by atoms with E-state index in [0.717, 1.165) is 0 Å². The van der Waals surface area contributed by atoms with Gasteiger partial charge in [0.15, 0.2) is 0 Å². The Morgan fingerprint density at radius 2 is 1.52 bits per heavy atom. The van der Waals surface area contributed by atoms with E-state index in [0.29, 0.717) is 6.42 Å². The number of nitrogens with two attached hydrogens (primary N) is 1. The molecule has 7 N–H and O–H groups in total. The minimum atomic E-state index is -1.18. The summed E-state index contributed by atoms with van der Waals surface area (Å²) in [5, 5.41) is 25.6. The number of carboxylic acid groups (broad SMARTS) is 1. The molecule has 0 radical (unpaired) electrons. The molecule has 4 unspecified atom stereocenters. The Balaban J connectivity index is 4.83. The molecule has 0 spiro atoms. The van der Waals surface area contributed by atoms with Crippen LogP contribution in [0.5, 0.6) is 0 Å². The van der Waals surface area contributed by atoms with Gasteiger partial charge in [0, 0.05) is 0 Å². The van der Waals surface area contributed by atoms with Crippen LogP contribution in [0, 0.1) is 11.8 Å². The van der Waals surface area contributed by atoms with Crippen molar-refractivity contribution in [2.24, 2.45) is 17.6 Å². The average molecular weight is 388 g/mol. The third kappa shape index (κ3) is 9.34. The fourth-order valence-electron chi connectivity index (χ4n) is 2.22. The van der Waals surface area contributed by atoms with Crippen LogP contribution in [0.2, 0.25) is 0 Å². The summed E-state index contributed by atoms with van der Waals surface area (Å²) < 4.78 is 0. The lowest BCUT2D eigenvalue weighted by Gasteiger charge is -2.23. The number of rotatable bonds is 11. The highest BCUT2D eigenvalue weighted by molar-refractivity contribution is 5.92. The van der Waals surface area contributed by atoms with Crippen LogP contribution < -0.4 is 21.7 Å². The fraction of sp³-hybridized carbons (Fsp3) is 0.765. The summed E-state index contributed by atoms with van der Waals surface area (Å²) in [6.07, 6.45) is -0.780. The van der Waals surface area contributed by atoms with Crippen molar-refractivity contribution in [1.82, 2.24) is 16.0 Å². The molecular formula is C17H32N4O6. The first-order chi connectivity index (χ1) is 12.4. The summed E-state index contributed by atoms with van der Waals surface area (Å²) in [6, 6.07) is -3.18. The number of aliphatic carboxylic acids is 1. The zero-order chi connectivity index (χ0) is 21.3. The van der Waals surface area contributed by atoms with Crippen molar-refractivity contribution in [2.45, 2.75) is 65.3 Å². The molecule has 0 aliphatic heterocycles. The van der Waals surface area contributed by atoms with Gasteiger partial charge >= 0.3 is 5.97 Å². The van der Waals surface area contributed by atoms with Crippen molar-refractivity contribution in [3.05, 3.63) is 0 Å². The number of carboxylic acids is 1. The third-order valence-electron chi connectivity index (χ3n) is 3.83. The van der Waals surface area contributed by atoms with E-state index in [1.54, 1.807) is 13.8 Å². The highest BCUT2D eigenvalue weighted by atomic mass is 16.4. The summed E-state index contributed by atoms with van der Waals surface area (Å²) in [7, 11) is 0. The maximum Gasteiger partial charge on any atom is 0.326 e. The number of aliphatic hydroxyl groups excluding tert-OH is 1. The number of carbonyl (C=O) groups is 4. The summed E-state index contributed by atoms with van der Waals surface area (Å²) in [6.45, 7) is 7.94. The molecule has 0 aromatic rings. The molecule has 0 heterocycles. The van der Waals surface area contributed by atoms with Gasteiger partial charge in [-0.15, -0.1) is 0 Å². The van der Waals surface area contributed by atoms with Gasteiger partial charge in [-0.05, 0) is 25.2 Å². The minimum Gasteiger partial charge on any atom is -0.480 e. The van der Waals surface area contributed by atoms with Crippen LogP contribution >= 0.6 is 0 Å². The summed E-state index contributed by atoms with van der Waals surface area (Å²) in [4.78, 5) is 47.3. The molecule has 10 nitrogen and oxygen atoms in total. The number of carbonyl (C=O) groups excluding carboxylic acids is 3. The number of hydrogen-bond acceptors (Lipinski definition) is 6. The Kier molecular flexibility index (Phi) is 10.6. The zero-order valence-electron chi connectivity index (χ0n) is 16.5. The van der Waals surface area contributed by atoms with E-state index >= 15 is 0 Å². The van der Waals surface area contributed by atoms with Gasteiger partial charge in [-0.3, -0.25) is 14.4 Å². The SMILES string of the molecule is CC(C)CC(NC(=O)C(N)C(C)O)C(=O)NCC(=O)NC(C(=O)O)C(C)C. The average Bonchev–Trinajstić information content (AvgIpc) is 2.54. The van der Waals surface area contributed by atoms with Gasteiger partial charge in [-0.25, -0.2) is 4.79 Å². The van der Waals surface area contributed by atoms with Crippen LogP contribution in [0.1, 0.15) is 41.0 Å². The van der Waals surface area contributed by atoms with Crippen molar-refractivity contribution in [3.63, 3.8) is 0 Å². The molecular weight excluding hydrogens is 356 g/mol. The van der Waals surface area contributed by atoms with Gasteiger partial charge in [-0.1, -0.05) is 27.7 Å². The number of hydrogen-bond donors (Lipinski definition) is 6. The van der Waals surface area contributed by atoms with Crippen LogP contribution in [-0.2, 0) is 19.2 Å². The molecule has 4 atom stereocenters. The van der Waals surface area contributed by atoms with Crippen molar-refractivity contribution >= 4 is 23.7 Å². The molecule has 0 aromatic heterocycles. The molecule has 0 rings (SSSR count). The lowest BCUT2D eigenvalue weighted by Crippen LogP contribution is -2.56. The van der Waals surface area contributed by atoms with Crippen molar-refractivity contribution in [3.8, 4) is 0 Å². The molecule has 0 bridgehead atoms. The van der Waals surface area contributed by atoms with E-state index in [4.69, 9.17) is 10.8 Å². The van der Waals surface area contributed by atoms with Crippen molar-refractivity contribution in [1.29, 1.82) is 0 Å². The Morgan fingerprint density at radius 1 is 0.963 bits per heavy atom. The van der Waals surface area contributed by atoms with Gasteiger partial charge in [-0.2, -0.15) is 0 Å². The minimum absolute atomic E-state index is 0.0648. The largest absolute Gasteiger partial charge is 0.480 e. The van der Waals surface area contributed by atoms with Crippen LogP contribution in [0.15, 0.2) is 0 Å².